The Labute approximate surface area is 185 Å². The first-order chi connectivity index (χ1) is 14.4. The quantitative estimate of drug-likeness (QED) is 0.364. The van der Waals surface area contributed by atoms with Crippen molar-refractivity contribution < 1.29 is 24.2 Å². The molecule has 30 heavy (non-hydrogen) atoms. The van der Waals surface area contributed by atoms with Gasteiger partial charge in [0.1, 0.15) is 10.9 Å². The van der Waals surface area contributed by atoms with Gasteiger partial charge in [-0.3, -0.25) is 19.3 Å². The first kappa shape index (κ1) is 22.5. The van der Waals surface area contributed by atoms with Crippen molar-refractivity contribution in [3.63, 3.8) is 0 Å². The predicted molar refractivity (Wildman–Crippen MR) is 119 cm³/mol. The fourth-order valence-electron chi connectivity index (χ4n) is 3.68. The maximum Gasteiger partial charge on any atom is 0.309 e. The standard InChI is InChI=1S/C22H25NO5S2/c24-19(25)7-4-12-23-20(26)18(30-22(23)29)13-15-8-10-17(11-9-15)21(27)28-14-16-5-2-1-3-6-16/h1-3,5-6,13,15,17H,4,7-12,14H2,(H,24,25)/b18-13-. The molecule has 3 rings (SSSR count). The van der Waals surface area contributed by atoms with E-state index in [1.807, 2.05) is 36.4 Å². The molecule has 1 amide bonds. The van der Waals surface area contributed by atoms with E-state index in [1.165, 1.54) is 16.7 Å². The largest absolute Gasteiger partial charge is 0.481 e. The molecule has 1 aliphatic carbocycles. The molecule has 8 heteroatoms. The highest BCUT2D eigenvalue weighted by atomic mass is 32.2. The first-order valence-electron chi connectivity index (χ1n) is 10.1. The molecule has 1 saturated carbocycles. The van der Waals surface area contributed by atoms with Crippen LogP contribution in [0.5, 0.6) is 0 Å². The van der Waals surface area contributed by atoms with Gasteiger partial charge in [-0.2, -0.15) is 0 Å². The highest BCUT2D eigenvalue weighted by molar-refractivity contribution is 8.26. The lowest BCUT2D eigenvalue weighted by Crippen LogP contribution is -2.29. The third-order valence-corrected chi connectivity index (χ3v) is 6.76. The lowest BCUT2D eigenvalue weighted by atomic mass is 9.82. The highest BCUT2D eigenvalue weighted by Crippen LogP contribution is 2.36. The van der Waals surface area contributed by atoms with Gasteiger partial charge in [0, 0.05) is 13.0 Å². The Morgan fingerprint density at radius 2 is 1.90 bits per heavy atom. The van der Waals surface area contributed by atoms with Gasteiger partial charge in [0.05, 0.1) is 10.8 Å². The van der Waals surface area contributed by atoms with Crippen LogP contribution in [0.1, 0.15) is 44.1 Å². The Balaban J connectivity index is 1.46. The number of allylic oxidation sites excluding steroid dienone is 1. The minimum absolute atomic E-state index is 0.0144. The molecule has 0 unspecified atom stereocenters. The third kappa shape index (κ3) is 6.15. The number of carbonyl (C=O) groups is 3. The lowest BCUT2D eigenvalue weighted by molar-refractivity contribution is -0.151. The number of carboxylic acid groups (broad SMARTS) is 1. The van der Waals surface area contributed by atoms with Crippen molar-refractivity contribution in [2.24, 2.45) is 11.8 Å². The van der Waals surface area contributed by atoms with Gasteiger partial charge in [-0.05, 0) is 43.6 Å². The Kier molecular flexibility index (Phi) is 8.04. The van der Waals surface area contributed by atoms with Crippen LogP contribution in [0.25, 0.3) is 0 Å². The number of benzene rings is 1. The number of carboxylic acids is 1. The summed E-state index contributed by atoms with van der Waals surface area (Å²) in [5, 5.41) is 8.75. The lowest BCUT2D eigenvalue weighted by Gasteiger charge is -2.25. The molecule has 160 valence electrons. The average Bonchev–Trinajstić information content (AvgIpc) is 3.00. The number of nitrogens with zero attached hydrogens (tertiary/aromatic N) is 1. The third-order valence-electron chi connectivity index (χ3n) is 5.36. The first-order valence-corrected chi connectivity index (χ1v) is 11.3. The predicted octanol–water partition coefficient (Wildman–Crippen LogP) is 4.15. The van der Waals surface area contributed by atoms with Crippen molar-refractivity contribution >= 4 is 46.1 Å². The van der Waals surface area contributed by atoms with E-state index in [0.29, 0.717) is 28.8 Å². The van der Waals surface area contributed by atoms with Crippen molar-refractivity contribution in [2.45, 2.75) is 45.1 Å². The van der Waals surface area contributed by atoms with Crippen LogP contribution in [0.2, 0.25) is 0 Å². The van der Waals surface area contributed by atoms with Crippen molar-refractivity contribution in [2.75, 3.05) is 6.54 Å². The van der Waals surface area contributed by atoms with Crippen molar-refractivity contribution in [3.8, 4) is 0 Å². The van der Waals surface area contributed by atoms with E-state index in [1.54, 1.807) is 0 Å². The number of thiocarbonyl (C=S) groups is 1. The van der Waals surface area contributed by atoms with Crippen molar-refractivity contribution in [1.82, 2.24) is 4.90 Å². The number of hydrogen-bond acceptors (Lipinski definition) is 6. The summed E-state index contributed by atoms with van der Waals surface area (Å²) in [6, 6.07) is 9.63. The number of carbonyl (C=O) groups excluding carboxylic acids is 2. The molecule has 0 bridgehead atoms. The second kappa shape index (κ2) is 10.7. The van der Waals surface area contributed by atoms with Gasteiger partial charge < -0.3 is 9.84 Å². The van der Waals surface area contributed by atoms with Gasteiger partial charge in [0.15, 0.2) is 0 Å². The molecule has 0 spiro atoms. The SMILES string of the molecule is O=C(O)CCCN1C(=O)/C(=C/C2CCC(C(=O)OCc3ccccc3)CC2)SC1=S. The zero-order chi connectivity index (χ0) is 21.5. The number of ether oxygens (including phenoxy) is 1. The van der Waals surface area contributed by atoms with E-state index in [-0.39, 0.29) is 30.1 Å². The molecule has 1 N–H and O–H groups in total. The van der Waals surface area contributed by atoms with E-state index in [0.717, 1.165) is 31.2 Å². The molecule has 2 aliphatic rings. The molecule has 0 atom stereocenters. The molecule has 1 aromatic rings. The van der Waals surface area contributed by atoms with Gasteiger partial charge in [0.2, 0.25) is 0 Å². The van der Waals surface area contributed by atoms with E-state index < -0.39 is 5.97 Å². The van der Waals surface area contributed by atoms with Gasteiger partial charge in [-0.15, -0.1) is 0 Å². The van der Waals surface area contributed by atoms with Crippen LogP contribution in [0, 0.1) is 11.8 Å². The molecule has 1 heterocycles. The number of amides is 1. The highest BCUT2D eigenvalue weighted by Gasteiger charge is 2.33. The number of thioether (sulfide) groups is 1. The summed E-state index contributed by atoms with van der Waals surface area (Å²) >= 11 is 6.56. The van der Waals surface area contributed by atoms with Gasteiger partial charge in [-0.25, -0.2) is 0 Å². The maximum atomic E-state index is 12.6. The fourth-order valence-corrected chi connectivity index (χ4v) is 5.05. The molecule has 1 aliphatic heterocycles. The second-order valence-corrected chi connectivity index (χ2v) is 9.23. The molecular formula is C22H25NO5S2. The van der Waals surface area contributed by atoms with Crippen LogP contribution < -0.4 is 0 Å². The summed E-state index contributed by atoms with van der Waals surface area (Å²) in [6.07, 6.45) is 5.51. The zero-order valence-corrected chi connectivity index (χ0v) is 18.3. The Bertz CT molecular complexity index is 831. The molecule has 1 saturated heterocycles. The molecule has 6 nitrogen and oxygen atoms in total. The Hall–Kier alpha value is -2.19. The molecule has 0 radical (unpaired) electrons. The van der Waals surface area contributed by atoms with E-state index in [2.05, 4.69) is 0 Å². The zero-order valence-electron chi connectivity index (χ0n) is 16.6. The number of aliphatic carboxylic acids is 1. The van der Waals surface area contributed by atoms with Gasteiger partial charge >= 0.3 is 11.9 Å². The summed E-state index contributed by atoms with van der Waals surface area (Å²) in [5.74, 6) is -1.03. The smallest absolute Gasteiger partial charge is 0.309 e. The van der Waals surface area contributed by atoms with E-state index >= 15 is 0 Å². The summed E-state index contributed by atoms with van der Waals surface area (Å²) in [5.41, 5.74) is 0.977. The van der Waals surface area contributed by atoms with Crippen LogP contribution in [0.15, 0.2) is 41.3 Å². The topological polar surface area (TPSA) is 83.9 Å². The van der Waals surface area contributed by atoms with Crippen molar-refractivity contribution in [3.05, 3.63) is 46.9 Å². The average molecular weight is 448 g/mol. The van der Waals surface area contributed by atoms with Crippen LogP contribution in [-0.4, -0.2) is 38.7 Å². The van der Waals surface area contributed by atoms with Gasteiger partial charge in [-0.1, -0.05) is 60.4 Å². The summed E-state index contributed by atoms with van der Waals surface area (Å²) < 4.78 is 5.94. The Morgan fingerprint density at radius 1 is 1.20 bits per heavy atom. The number of rotatable bonds is 8. The van der Waals surface area contributed by atoms with Crippen LogP contribution in [0.3, 0.4) is 0 Å². The maximum absolute atomic E-state index is 12.6. The molecule has 2 fully saturated rings. The number of esters is 1. The summed E-state index contributed by atoms with van der Waals surface area (Å²) in [4.78, 5) is 37.7. The monoisotopic (exact) mass is 447 g/mol. The fraction of sp³-hybridized carbons (Fsp3) is 0.455. The second-order valence-electron chi connectivity index (χ2n) is 7.56. The summed E-state index contributed by atoms with van der Waals surface area (Å²) in [6.45, 7) is 0.623. The van der Waals surface area contributed by atoms with Crippen LogP contribution >= 0.6 is 24.0 Å². The normalized spacial score (nSPS) is 23.1. The minimum Gasteiger partial charge on any atom is -0.481 e. The molecule has 0 aromatic heterocycles. The van der Waals surface area contributed by atoms with Crippen LogP contribution in [0.4, 0.5) is 0 Å². The summed E-state index contributed by atoms with van der Waals surface area (Å²) in [7, 11) is 0. The van der Waals surface area contributed by atoms with Crippen molar-refractivity contribution in [1.29, 1.82) is 0 Å². The minimum atomic E-state index is -0.880. The van der Waals surface area contributed by atoms with Gasteiger partial charge in [0.25, 0.3) is 5.91 Å². The molecular weight excluding hydrogens is 422 g/mol. The Morgan fingerprint density at radius 3 is 2.57 bits per heavy atom. The number of hydrogen-bond donors (Lipinski definition) is 1. The van der Waals surface area contributed by atoms with E-state index in [9.17, 15) is 14.4 Å². The molecule has 1 aromatic carbocycles. The van der Waals surface area contributed by atoms with Crippen LogP contribution in [-0.2, 0) is 25.7 Å². The van der Waals surface area contributed by atoms with E-state index in [4.69, 9.17) is 22.1 Å².